The third-order valence-electron chi connectivity index (χ3n) is 6.12. The Morgan fingerprint density at radius 3 is 1.90 bits per heavy atom. The fraction of sp³-hybridized carbons (Fsp3) is 0.222. The van der Waals surface area contributed by atoms with Crippen LogP contribution in [0.4, 0.5) is 55.3 Å². The predicted octanol–water partition coefficient (Wildman–Crippen LogP) is 8.85. The number of hydrogen-bond acceptors (Lipinski definition) is 2. The molecule has 15 heteroatoms. The van der Waals surface area contributed by atoms with Gasteiger partial charge in [0.1, 0.15) is 0 Å². The predicted molar refractivity (Wildman–Crippen MR) is 139 cm³/mol. The Bertz CT molecular complexity index is 1540. The maximum Gasteiger partial charge on any atom is 0.435 e. The van der Waals surface area contributed by atoms with Crippen molar-refractivity contribution in [1.82, 2.24) is 0 Å². The van der Waals surface area contributed by atoms with Gasteiger partial charge in [0.15, 0.2) is 11.5 Å². The van der Waals surface area contributed by atoms with Gasteiger partial charge in [-0.05, 0) is 52.4 Å². The molecule has 0 saturated heterocycles. The van der Waals surface area contributed by atoms with Gasteiger partial charge in [-0.2, -0.15) is 39.5 Å². The van der Waals surface area contributed by atoms with Gasteiger partial charge < -0.3 is 4.90 Å². The molecule has 0 atom stereocenters. The van der Waals surface area contributed by atoms with Gasteiger partial charge in [-0.15, -0.1) is 0 Å². The summed E-state index contributed by atoms with van der Waals surface area (Å²) in [5, 5.41) is 0. The van der Waals surface area contributed by atoms with Crippen molar-refractivity contribution in [3.8, 4) is 0 Å². The first kappa shape index (κ1) is 32.8. The first-order valence-electron chi connectivity index (χ1n) is 11.3. The van der Waals surface area contributed by atoms with Gasteiger partial charge in [0.2, 0.25) is 0 Å². The van der Waals surface area contributed by atoms with Gasteiger partial charge >= 0.3 is 24.2 Å². The summed E-state index contributed by atoms with van der Waals surface area (Å²) >= 11 is 1.01. The van der Waals surface area contributed by atoms with Crippen LogP contribution >= 0.6 is 22.6 Å². The molecule has 0 aliphatic rings. The number of amides is 1. The molecule has 0 fully saturated rings. The minimum absolute atomic E-state index is 0.0262. The third-order valence-corrected chi connectivity index (χ3v) is 7.08. The molecule has 0 aromatic heterocycles. The van der Waals surface area contributed by atoms with Crippen LogP contribution in [0.25, 0.3) is 4.85 Å². The lowest BCUT2D eigenvalue weighted by Gasteiger charge is -2.31. The lowest BCUT2D eigenvalue weighted by atomic mass is 9.89. The minimum atomic E-state index is -6.64. The lowest BCUT2D eigenvalue weighted by molar-refractivity contribution is -0.348. The molecule has 0 radical (unpaired) electrons. The van der Waals surface area contributed by atoms with Gasteiger partial charge in [0, 0.05) is 39.4 Å². The normalized spacial score (nSPS) is 12.5. The zero-order valence-electron chi connectivity index (χ0n) is 20.8. The summed E-state index contributed by atoms with van der Waals surface area (Å²) in [6.07, 6.45) is -20.0. The number of Topliss-reactive ketones (excluding diaryl/α,β-unsaturated/α-hetero) is 1. The van der Waals surface area contributed by atoms with E-state index in [0.29, 0.717) is 0 Å². The zero-order chi connectivity index (χ0) is 31.8. The topological polar surface area (TPSA) is 41.7 Å². The molecule has 3 aromatic rings. The van der Waals surface area contributed by atoms with Crippen LogP contribution in [0, 0.1) is 10.1 Å². The average molecular weight is 716 g/mol. The van der Waals surface area contributed by atoms with Crippen molar-refractivity contribution in [2.45, 2.75) is 30.6 Å². The monoisotopic (exact) mass is 716 g/mol. The first-order valence-corrected chi connectivity index (χ1v) is 12.4. The Balaban J connectivity index is 2.01. The van der Waals surface area contributed by atoms with Crippen molar-refractivity contribution in [2.24, 2.45) is 0 Å². The van der Waals surface area contributed by atoms with E-state index in [1.807, 2.05) is 0 Å². The molecule has 0 spiro atoms. The van der Waals surface area contributed by atoms with E-state index in [1.54, 1.807) is 0 Å². The average Bonchev–Trinajstić information content (AvgIpc) is 2.90. The summed E-state index contributed by atoms with van der Waals surface area (Å²) in [4.78, 5) is 30.1. The number of ketones is 1. The van der Waals surface area contributed by atoms with Crippen LogP contribution in [0.1, 0.15) is 37.4 Å². The van der Waals surface area contributed by atoms with Crippen molar-refractivity contribution in [2.75, 3.05) is 11.9 Å². The molecular weight excluding hydrogens is 701 g/mol. The highest BCUT2D eigenvalue weighted by Gasteiger charge is 2.73. The highest BCUT2D eigenvalue weighted by atomic mass is 127. The maximum atomic E-state index is 14.6. The maximum absolute atomic E-state index is 14.6. The van der Waals surface area contributed by atoms with E-state index in [9.17, 15) is 53.5 Å². The van der Waals surface area contributed by atoms with E-state index in [4.69, 9.17) is 6.57 Å². The van der Waals surface area contributed by atoms with Gasteiger partial charge in [0.05, 0.1) is 12.1 Å². The van der Waals surface area contributed by atoms with Crippen molar-refractivity contribution < 1.29 is 53.5 Å². The van der Waals surface area contributed by atoms with Crippen LogP contribution in [-0.4, -0.2) is 31.1 Å². The summed E-state index contributed by atoms with van der Waals surface area (Å²) in [7, 11) is 1.34. The summed E-state index contributed by atoms with van der Waals surface area (Å²) in [6.45, 7) is 6.96. The molecule has 3 aromatic carbocycles. The third kappa shape index (κ3) is 6.37. The fourth-order valence-corrected chi connectivity index (χ4v) is 4.71. The van der Waals surface area contributed by atoms with Crippen molar-refractivity contribution in [3.05, 3.63) is 103 Å². The molecule has 0 aliphatic heterocycles. The van der Waals surface area contributed by atoms with Crippen molar-refractivity contribution in [3.63, 3.8) is 0 Å². The minimum Gasteiger partial charge on any atom is -0.311 e. The Hall–Kier alpha value is -3.68. The Morgan fingerprint density at radius 2 is 1.40 bits per heavy atom. The SMILES string of the molecule is [C-]#[N+]c1ccc(C(=O)N(C)c2cccc(C(=O)Cc3c(I)cc(C(F)(C(F)(F)F)C(F)(F)F)cc3C(F)(F)F)c2)cc1. The number of alkyl halides is 10. The molecular formula is C27H15F10IN2O2. The van der Waals surface area contributed by atoms with Gasteiger partial charge in [-0.1, -0.05) is 36.4 Å². The van der Waals surface area contributed by atoms with E-state index in [-0.39, 0.29) is 28.6 Å². The second-order valence-corrected chi connectivity index (χ2v) is 9.97. The second-order valence-electron chi connectivity index (χ2n) is 8.81. The summed E-state index contributed by atoms with van der Waals surface area (Å²) in [5.74, 6) is -1.59. The van der Waals surface area contributed by atoms with Crippen LogP contribution in [0.3, 0.4) is 0 Å². The van der Waals surface area contributed by atoms with E-state index in [0.717, 1.165) is 33.6 Å². The number of carbonyl (C=O) groups excluding carboxylic acids is 2. The van der Waals surface area contributed by atoms with E-state index in [1.165, 1.54) is 49.5 Å². The first-order chi connectivity index (χ1) is 19.2. The summed E-state index contributed by atoms with van der Waals surface area (Å²) in [5.41, 5.74) is -11.1. The Kier molecular flexibility index (Phi) is 9.02. The summed E-state index contributed by atoms with van der Waals surface area (Å²) in [6, 6.07) is 9.99. The molecule has 0 saturated carbocycles. The molecule has 0 unspecified atom stereocenters. The molecule has 0 aliphatic carbocycles. The van der Waals surface area contributed by atoms with E-state index < -0.39 is 68.6 Å². The number of carbonyl (C=O) groups is 2. The highest BCUT2D eigenvalue weighted by molar-refractivity contribution is 14.1. The van der Waals surface area contributed by atoms with Crippen molar-refractivity contribution >= 4 is 45.7 Å². The number of hydrogen-bond donors (Lipinski definition) is 0. The van der Waals surface area contributed by atoms with Crippen LogP contribution in [-0.2, 0) is 18.3 Å². The number of benzene rings is 3. The molecule has 0 heterocycles. The van der Waals surface area contributed by atoms with Gasteiger partial charge in [-0.25, -0.2) is 9.24 Å². The number of halogens is 11. The zero-order valence-corrected chi connectivity index (χ0v) is 23.0. The molecule has 4 nitrogen and oxygen atoms in total. The smallest absolute Gasteiger partial charge is 0.311 e. The van der Waals surface area contributed by atoms with Crippen LogP contribution in [0.2, 0.25) is 0 Å². The fourth-order valence-electron chi connectivity index (χ4n) is 3.90. The van der Waals surface area contributed by atoms with Crippen molar-refractivity contribution in [1.29, 1.82) is 0 Å². The molecule has 222 valence electrons. The standard InChI is InChI=1S/C27H15F10IN2O2/c1-39-17-8-6-14(7-9-17)23(42)40(2)18-5-3-4-15(10-18)22(41)13-19-20(25(29,30)31)11-16(12-21(19)38)24(28,26(32,33)34)27(35,36)37/h3-12H,13H2,2H3. The summed E-state index contributed by atoms with van der Waals surface area (Å²) < 4.78 is 135. The molecule has 0 N–H and O–H groups in total. The van der Waals surface area contributed by atoms with E-state index in [2.05, 4.69) is 4.85 Å². The quantitative estimate of drug-likeness (QED) is 0.111. The van der Waals surface area contributed by atoms with E-state index >= 15 is 0 Å². The lowest BCUT2D eigenvalue weighted by Crippen LogP contribution is -2.50. The van der Waals surface area contributed by atoms with Gasteiger partial charge in [-0.3, -0.25) is 9.59 Å². The van der Waals surface area contributed by atoms with Crippen LogP contribution in [0.5, 0.6) is 0 Å². The van der Waals surface area contributed by atoms with Crippen LogP contribution in [0.15, 0.2) is 60.7 Å². The van der Waals surface area contributed by atoms with Gasteiger partial charge in [0.25, 0.3) is 5.91 Å². The molecule has 3 rings (SSSR count). The molecule has 0 bridgehead atoms. The Morgan fingerprint density at radius 1 is 0.833 bits per heavy atom. The second kappa shape index (κ2) is 11.5. The number of rotatable bonds is 6. The number of nitrogens with zero attached hydrogens (tertiary/aromatic N) is 2. The number of anilines is 1. The highest BCUT2D eigenvalue weighted by Crippen LogP contribution is 2.54. The van der Waals surface area contributed by atoms with Crippen LogP contribution < -0.4 is 4.90 Å². The largest absolute Gasteiger partial charge is 0.435 e. The molecule has 1 amide bonds. The molecule has 42 heavy (non-hydrogen) atoms. The Labute approximate surface area is 244 Å².